The van der Waals surface area contributed by atoms with Crippen molar-refractivity contribution in [3.63, 3.8) is 0 Å². The number of imide groups is 1. The molecule has 94 valence electrons. The second-order valence-electron chi connectivity index (χ2n) is 4.62. The highest BCUT2D eigenvalue weighted by molar-refractivity contribution is 6.19. The fourth-order valence-electron chi connectivity index (χ4n) is 2.47. The number of rotatable bonds is 1. The minimum Gasteiger partial charge on any atom is -0.512 e. The number of likely N-dealkylation sites (tertiary alicyclic amines) is 1. The third-order valence-corrected chi connectivity index (χ3v) is 3.46. The van der Waals surface area contributed by atoms with E-state index in [0.29, 0.717) is 5.56 Å². The van der Waals surface area contributed by atoms with Gasteiger partial charge in [-0.1, -0.05) is 30.3 Å². The fraction of sp³-hybridized carbons (Fsp3) is 0.286. The van der Waals surface area contributed by atoms with Crippen LogP contribution in [0.3, 0.4) is 0 Å². The molecule has 4 heteroatoms. The number of aliphatic hydroxyl groups excluding tert-OH is 1. The molecule has 0 aromatic heterocycles. The van der Waals surface area contributed by atoms with Crippen molar-refractivity contribution in [1.29, 1.82) is 0 Å². The maximum Gasteiger partial charge on any atom is 0.260 e. The molecule has 1 heterocycles. The third kappa shape index (κ3) is 1.45. The lowest BCUT2D eigenvalue weighted by Gasteiger charge is -2.23. The van der Waals surface area contributed by atoms with E-state index >= 15 is 0 Å². The van der Waals surface area contributed by atoms with Gasteiger partial charge in [0.05, 0.1) is 11.3 Å². The molecule has 1 aliphatic heterocycles. The molecule has 4 nitrogen and oxygen atoms in total. The van der Waals surface area contributed by atoms with Gasteiger partial charge in [-0.3, -0.25) is 14.5 Å². The highest BCUT2D eigenvalue weighted by Crippen LogP contribution is 2.41. The van der Waals surface area contributed by atoms with Crippen LogP contribution in [0.15, 0.2) is 41.7 Å². The predicted molar refractivity (Wildman–Crippen MR) is 66.9 cm³/mol. The van der Waals surface area contributed by atoms with E-state index in [1.54, 1.807) is 31.2 Å². The molecule has 0 unspecified atom stereocenters. The standard InChI is InChI=1S/C14H15NO3/c1-9(16)11-12(17)15(3)13(18)14(11,2)10-7-5-4-6-8-10/h4-8,16H,1-3H3/b11-9-/t14-/m0/s1. The van der Waals surface area contributed by atoms with Crippen molar-refractivity contribution in [2.24, 2.45) is 0 Å². The normalized spacial score (nSPS) is 26.7. The Balaban J connectivity index is 2.71. The summed E-state index contributed by atoms with van der Waals surface area (Å²) in [6.45, 7) is 3.10. The second kappa shape index (κ2) is 3.98. The van der Waals surface area contributed by atoms with Gasteiger partial charge in [0.25, 0.3) is 5.91 Å². The van der Waals surface area contributed by atoms with Gasteiger partial charge in [0.2, 0.25) is 5.91 Å². The Hall–Kier alpha value is -2.10. The number of carbonyl (C=O) groups is 2. The second-order valence-corrected chi connectivity index (χ2v) is 4.62. The molecule has 1 atom stereocenters. The summed E-state index contributed by atoms with van der Waals surface area (Å²) in [6.07, 6.45) is 0. The Kier molecular flexibility index (Phi) is 2.73. The highest BCUT2D eigenvalue weighted by Gasteiger charge is 2.53. The van der Waals surface area contributed by atoms with Crippen molar-refractivity contribution < 1.29 is 14.7 Å². The molecule has 0 spiro atoms. The zero-order valence-corrected chi connectivity index (χ0v) is 10.6. The van der Waals surface area contributed by atoms with Crippen LogP contribution in [0.4, 0.5) is 0 Å². The average Bonchev–Trinajstić information content (AvgIpc) is 2.53. The summed E-state index contributed by atoms with van der Waals surface area (Å²) in [5, 5.41) is 9.73. The largest absolute Gasteiger partial charge is 0.512 e. The maximum atomic E-state index is 12.3. The van der Waals surface area contributed by atoms with E-state index in [-0.39, 0.29) is 17.2 Å². The summed E-state index contributed by atoms with van der Waals surface area (Å²) in [6, 6.07) is 9.02. The summed E-state index contributed by atoms with van der Waals surface area (Å²) >= 11 is 0. The van der Waals surface area contributed by atoms with E-state index in [1.165, 1.54) is 14.0 Å². The summed E-state index contributed by atoms with van der Waals surface area (Å²) in [7, 11) is 1.43. The molecule has 1 aromatic rings. The number of hydrogen-bond acceptors (Lipinski definition) is 3. The van der Waals surface area contributed by atoms with Crippen LogP contribution in [-0.2, 0) is 15.0 Å². The van der Waals surface area contributed by atoms with Crippen molar-refractivity contribution in [3.8, 4) is 0 Å². The smallest absolute Gasteiger partial charge is 0.260 e. The van der Waals surface area contributed by atoms with Crippen molar-refractivity contribution in [2.75, 3.05) is 7.05 Å². The van der Waals surface area contributed by atoms with Gasteiger partial charge in [-0.05, 0) is 19.4 Å². The zero-order valence-electron chi connectivity index (χ0n) is 10.6. The Morgan fingerprint density at radius 2 is 1.78 bits per heavy atom. The Bertz CT molecular complexity index is 543. The Morgan fingerprint density at radius 3 is 2.28 bits per heavy atom. The molecule has 1 N–H and O–H groups in total. The van der Waals surface area contributed by atoms with Crippen LogP contribution >= 0.6 is 0 Å². The summed E-state index contributed by atoms with van der Waals surface area (Å²) in [5.74, 6) is -0.863. The molecular weight excluding hydrogens is 230 g/mol. The molecule has 1 fully saturated rings. The van der Waals surface area contributed by atoms with Crippen LogP contribution in [0, 0.1) is 0 Å². The number of hydrogen-bond donors (Lipinski definition) is 1. The van der Waals surface area contributed by atoms with Gasteiger partial charge in [0.1, 0.15) is 5.41 Å². The van der Waals surface area contributed by atoms with E-state index in [2.05, 4.69) is 0 Å². The lowest BCUT2D eigenvalue weighted by Crippen LogP contribution is -2.34. The van der Waals surface area contributed by atoms with Crippen molar-refractivity contribution in [2.45, 2.75) is 19.3 Å². The third-order valence-electron chi connectivity index (χ3n) is 3.46. The van der Waals surface area contributed by atoms with Crippen LogP contribution in [0.25, 0.3) is 0 Å². The van der Waals surface area contributed by atoms with Crippen molar-refractivity contribution in [3.05, 3.63) is 47.2 Å². The van der Waals surface area contributed by atoms with E-state index in [9.17, 15) is 14.7 Å². The number of allylic oxidation sites excluding steroid dienone is 1. The number of carbonyl (C=O) groups excluding carboxylic acids is 2. The average molecular weight is 245 g/mol. The highest BCUT2D eigenvalue weighted by atomic mass is 16.3. The maximum absolute atomic E-state index is 12.3. The van der Waals surface area contributed by atoms with Crippen LogP contribution in [0.2, 0.25) is 0 Å². The first-order valence-electron chi connectivity index (χ1n) is 5.69. The molecule has 0 bridgehead atoms. The lowest BCUT2D eigenvalue weighted by molar-refractivity contribution is -0.137. The molecule has 0 aliphatic carbocycles. The molecule has 1 aliphatic rings. The van der Waals surface area contributed by atoms with Gasteiger partial charge < -0.3 is 5.11 Å². The Morgan fingerprint density at radius 1 is 1.22 bits per heavy atom. The molecule has 0 saturated carbocycles. The molecular formula is C14H15NO3. The SMILES string of the molecule is C/C(O)=C1\C(=O)N(C)C(=O)[C@@]1(C)c1ccccc1. The molecule has 0 radical (unpaired) electrons. The van der Waals surface area contributed by atoms with E-state index in [4.69, 9.17) is 0 Å². The minimum atomic E-state index is -1.11. The molecule has 18 heavy (non-hydrogen) atoms. The van der Waals surface area contributed by atoms with Gasteiger partial charge >= 0.3 is 0 Å². The molecule has 1 aromatic carbocycles. The molecule has 2 amide bonds. The number of amides is 2. The molecule has 1 saturated heterocycles. The number of nitrogens with zero attached hydrogens (tertiary/aromatic N) is 1. The van der Waals surface area contributed by atoms with Crippen LogP contribution in [0.1, 0.15) is 19.4 Å². The fourth-order valence-corrected chi connectivity index (χ4v) is 2.47. The van der Waals surface area contributed by atoms with Crippen LogP contribution in [0.5, 0.6) is 0 Å². The van der Waals surface area contributed by atoms with Gasteiger partial charge in [-0.25, -0.2) is 0 Å². The van der Waals surface area contributed by atoms with Crippen molar-refractivity contribution in [1.82, 2.24) is 4.90 Å². The van der Waals surface area contributed by atoms with Gasteiger partial charge in [-0.2, -0.15) is 0 Å². The zero-order chi connectivity index (χ0) is 13.5. The minimum absolute atomic E-state index is 0.107. The number of benzene rings is 1. The Labute approximate surface area is 106 Å². The first kappa shape index (κ1) is 12.4. The quantitative estimate of drug-likeness (QED) is 0.466. The van der Waals surface area contributed by atoms with Gasteiger partial charge in [0.15, 0.2) is 0 Å². The van der Waals surface area contributed by atoms with E-state index < -0.39 is 11.3 Å². The molecule has 2 rings (SSSR count). The summed E-state index contributed by atoms with van der Waals surface area (Å²) in [5.41, 5.74) is -0.247. The van der Waals surface area contributed by atoms with Crippen LogP contribution < -0.4 is 0 Å². The monoisotopic (exact) mass is 245 g/mol. The topological polar surface area (TPSA) is 57.6 Å². The summed E-state index contributed by atoms with van der Waals surface area (Å²) < 4.78 is 0. The first-order chi connectivity index (χ1) is 8.40. The van der Waals surface area contributed by atoms with E-state index in [1.807, 2.05) is 6.07 Å². The van der Waals surface area contributed by atoms with Gasteiger partial charge in [-0.15, -0.1) is 0 Å². The number of aliphatic hydroxyl groups is 1. The number of likely N-dealkylation sites (N-methyl/N-ethyl adjacent to an activating group) is 1. The van der Waals surface area contributed by atoms with E-state index in [0.717, 1.165) is 4.90 Å². The van der Waals surface area contributed by atoms with Crippen molar-refractivity contribution >= 4 is 11.8 Å². The van der Waals surface area contributed by atoms with Gasteiger partial charge in [0, 0.05) is 7.05 Å². The predicted octanol–water partition coefficient (Wildman–Crippen LogP) is 1.77. The first-order valence-corrected chi connectivity index (χ1v) is 5.69. The summed E-state index contributed by atoms with van der Waals surface area (Å²) in [4.78, 5) is 25.4. The van der Waals surface area contributed by atoms with Crippen LogP contribution in [-0.4, -0.2) is 28.9 Å². The lowest BCUT2D eigenvalue weighted by atomic mass is 9.77.